The molecule has 0 aliphatic carbocycles. The molecule has 0 bridgehead atoms. The predicted molar refractivity (Wildman–Crippen MR) is 84.8 cm³/mol. The van der Waals surface area contributed by atoms with Crippen molar-refractivity contribution in [2.45, 2.75) is 44.3 Å². The summed E-state index contributed by atoms with van der Waals surface area (Å²) in [7, 11) is -3.03. The first-order valence-corrected chi connectivity index (χ1v) is 9.92. The van der Waals surface area contributed by atoms with Gasteiger partial charge in [-0.2, -0.15) is 0 Å². The van der Waals surface area contributed by atoms with E-state index in [0.717, 1.165) is 71.5 Å². The Bertz CT molecular complexity index is 446. The third-order valence-electron chi connectivity index (χ3n) is 5.44. The number of hydrogen-bond acceptors (Lipinski definition) is 4. The molecule has 3 rings (SSSR count). The molecular weight excluding hydrogens is 286 g/mol. The van der Waals surface area contributed by atoms with Crippen molar-refractivity contribution in [3.63, 3.8) is 0 Å². The minimum absolute atomic E-state index is 0.138. The largest absolute Gasteiger partial charge is 0.316 e. The van der Waals surface area contributed by atoms with E-state index in [9.17, 15) is 8.42 Å². The van der Waals surface area contributed by atoms with E-state index in [1.54, 1.807) is 4.31 Å². The molecule has 0 amide bonds. The van der Waals surface area contributed by atoms with Gasteiger partial charge < -0.3 is 10.2 Å². The molecule has 1 atom stereocenters. The van der Waals surface area contributed by atoms with Gasteiger partial charge in [0, 0.05) is 26.2 Å². The Morgan fingerprint density at radius 2 is 1.81 bits per heavy atom. The van der Waals surface area contributed by atoms with Crippen LogP contribution >= 0.6 is 0 Å². The van der Waals surface area contributed by atoms with E-state index >= 15 is 0 Å². The van der Waals surface area contributed by atoms with Crippen LogP contribution in [0.5, 0.6) is 0 Å². The molecule has 3 aliphatic heterocycles. The van der Waals surface area contributed by atoms with Gasteiger partial charge in [0.15, 0.2) is 0 Å². The molecule has 0 aromatic rings. The van der Waals surface area contributed by atoms with Gasteiger partial charge in [-0.3, -0.25) is 0 Å². The van der Waals surface area contributed by atoms with Gasteiger partial charge in [-0.15, -0.1) is 0 Å². The van der Waals surface area contributed by atoms with Crippen molar-refractivity contribution in [2.24, 2.45) is 5.41 Å². The quantitative estimate of drug-likeness (QED) is 0.837. The topological polar surface area (TPSA) is 52.7 Å². The molecule has 3 aliphatic rings. The second kappa shape index (κ2) is 6.14. The number of hydrogen-bond donors (Lipinski definition) is 1. The Morgan fingerprint density at radius 1 is 1.14 bits per heavy atom. The van der Waals surface area contributed by atoms with Crippen LogP contribution in [0.25, 0.3) is 0 Å². The molecule has 0 aromatic carbocycles. The molecule has 122 valence electrons. The lowest BCUT2D eigenvalue weighted by molar-refractivity contribution is 0.153. The second-order valence-electron chi connectivity index (χ2n) is 7.36. The lowest BCUT2D eigenvalue weighted by Crippen LogP contribution is -2.47. The molecule has 21 heavy (non-hydrogen) atoms. The first-order chi connectivity index (χ1) is 10.00. The van der Waals surface area contributed by atoms with Crippen LogP contribution in [-0.2, 0) is 10.0 Å². The average Bonchev–Trinajstić information content (AvgIpc) is 3.11. The third-order valence-corrected chi connectivity index (χ3v) is 7.84. The van der Waals surface area contributed by atoms with E-state index in [0.29, 0.717) is 5.41 Å². The van der Waals surface area contributed by atoms with Gasteiger partial charge in [0.1, 0.15) is 0 Å². The number of nitrogens with zero attached hydrogens (tertiary/aromatic N) is 2. The SMILES string of the molecule is CC1(CN2CCC(S(=O)(=O)N3CCCC3)CC2)CCNC1. The van der Waals surface area contributed by atoms with E-state index in [-0.39, 0.29) is 5.25 Å². The van der Waals surface area contributed by atoms with Crippen LogP contribution in [0.2, 0.25) is 0 Å². The summed E-state index contributed by atoms with van der Waals surface area (Å²) < 4.78 is 26.9. The monoisotopic (exact) mass is 315 g/mol. The Balaban J connectivity index is 1.52. The third kappa shape index (κ3) is 3.44. The van der Waals surface area contributed by atoms with Crippen molar-refractivity contribution in [3.8, 4) is 0 Å². The van der Waals surface area contributed by atoms with Crippen molar-refractivity contribution in [1.82, 2.24) is 14.5 Å². The van der Waals surface area contributed by atoms with Gasteiger partial charge in [-0.05, 0) is 57.2 Å². The minimum atomic E-state index is -3.03. The summed E-state index contributed by atoms with van der Waals surface area (Å²) in [4.78, 5) is 2.48. The highest BCUT2D eigenvalue weighted by Gasteiger charge is 2.37. The van der Waals surface area contributed by atoms with Crippen molar-refractivity contribution in [2.75, 3.05) is 45.8 Å². The zero-order valence-corrected chi connectivity index (χ0v) is 14.0. The van der Waals surface area contributed by atoms with E-state index in [1.165, 1.54) is 6.42 Å². The van der Waals surface area contributed by atoms with E-state index in [4.69, 9.17) is 0 Å². The van der Waals surface area contributed by atoms with Gasteiger partial charge in [0.05, 0.1) is 5.25 Å². The van der Waals surface area contributed by atoms with Gasteiger partial charge in [-0.1, -0.05) is 6.92 Å². The molecule has 0 aromatic heterocycles. The number of rotatable bonds is 4. The molecule has 3 fully saturated rings. The van der Waals surface area contributed by atoms with Crippen LogP contribution < -0.4 is 5.32 Å². The van der Waals surface area contributed by atoms with Crippen molar-refractivity contribution in [1.29, 1.82) is 0 Å². The van der Waals surface area contributed by atoms with Gasteiger partial charge >= 0.3 is 0 Å². The molecule has 0 saturated carbocycles. The maximum absolute atomic E-state index is 12.6. The smallest absolute Gasteiger partial charge is 0.217 e. The zero-order valence-electron chi connectivity index (χ0n) is 13.2. The maximum Gasteiger partial charge on any atom is 0.217 e. The zero-order chi connectivity index (χ0) is 14.9. The molecule has 0 spiro atoms. The predicted octanol–water partition coefficient (Wildman–Crippen LogP) is 0.876. The fourth-order valence-corrected chi connectivity index (χ4v) is 6.06. The van der Waals surface area contributed by atoms with Gasteiger partial charge in [-0.25, -0.2) is 12.7 Å². The van der Waals surface area contributed by atoms with Crippen molar-refractivity contribution >= 4 is 10.0 Å². The van der Waals surface area contributed by atoms with Crippen LogP contribution in [0.15, 0.2) is 0 Å². The summed E-state index contributed by atoms with van der Waals surface area (Å²) in [6, 6.07) is 0. The van der Waals surface area contributed by atoms with Crippen LogP contribution in [0.3, 0.4) is 0 Å². The lowest BCUT2D eigenvalue weighted by atomic mass is 9.88. The Kier molecular flexibility index (Phi) is 4.60. The first kappa shape index (κ1) is 15.7. The molecule has 3 heterocycles. The highest BCUT2D eigenvalue weighted by molar-refractivity contribution is 7.89. The standard InChI is InChI=1S/C15H29N3O2S/c1-15(6-7-16-12-15)13-17-10-4-14(5-11-17)21(19,20)18-8-2-3-9-18/h14,16H,2-13H2,1H3. The minimum Gasteiger partial charge on any atom is -0.316 e. The van der Waals surface area contributed by atoms with Gasteiger partial charge in [0.2, 0.25) is 10.0 Å². The van der Waals surface area contributed by atoms with Crippen LogP contribution in [0.1, 0.15) is 39.0 Å². The van der Waals surface area contributed by atoms with Crippen LogP contribution in [0.4, 0.5) is 0 Å². The number of sulfonamides is 1. The summed E-state index contributed by atoms with van der Waals surface area (Å²) in [5, 5.41) is 3.31. The highest BCUT2D eigenvalue weighted by atomic mass is 32.2. The number of piperidine rings is 1. The van der Waals surface area contributed by atoms with Crippen LogP contribution in [-0.4, -0.2) is 68.7 Å². The number of nitrogens with one attached hydrogen (secondary N) is 1. The second-order valence-corrected chi connectivity index (χ2v) is 9.58. The molecule has 3 saturated heterocycles. The van der Waals surface area contributed by atoms with Crippen molar-refractivity contribution in [3.05, 3.63) is 0 Å². The molecule has 5 nitrogen and oxygen atoms in total. The van der Waals surface area contributed by atoms with Crippen LogP contribution in [0, 0.1) is 5.41 Å². The van der Waals surface area contributed by atoms with Crippen molar-refractivity contribution < 1.29 is 8.42 Å². The summed E-state index contributed by atoms with van der Waals surface area (Å²) in [5.41, 5.74) is 0.376. The normalized spacial score (nSPS) is 33.8. The summed E-state index contributed by atoms with van der Waals surface area (Å²) >= 11 is 0. The number of likely N-dealkylation sites (tertiary alicyclic amines) is 1. The lowest BCUT2D eigenvalue weighted by Gasteiger charge is -2.37. The van der Waals surface area contributed by atoms with E-state index in [1.807, 2.05) is 0 Å². The average molecular weight is 315 g/mol. The molecule has 1 unspecified atom stereocenters. The maximum atomic E-state index is 12.6. The molecular formula is C15H29N3O2S. The Morgan fingerprint density at radius 3 is 2.38 bits per heavy atom. The molecule has 0 radical (unpaired) electrons. The Labute approximate surface area is 129 Å². The summed E-state index contributed by atoms with van der Waals surface area (Å²) in [5.74, 6) is 0. The van der Waals surface area contributed by atoms with E-state index < -0.39 is 10.0 Å². The molecule has 1 N–H and O–H groups in total. The summed E-state index contributed by atoms with van der Waals surface area (Å²) in [6.07, 6.45) is 4.91. The van der Waals surface area contributed by atoms with E-state index in [2.05, 4.69) is 17.1 Å². The molecule has 6 heteroatoms. The first-order valence-electron chi connectivity index (χ1n) is 8.42. The highest BCUT2D eigenvalue weighted by Crippen LogP contribution is 2.29. The Hall–Kier alpha value is -0.170. The van der Waals surface area contributed by atoms with Gasteiger partial charge in [0.25, 0.3) is 0 Å². The fourth-order valence-electron chi connectivity index (χ4n) is 4.06. The fraction of sp³-hybridized carbons (Fsp3) is 1.00. The summed E-state index contributed by atoms with van der Waals surface area (Å²) in [6.45, 7) is 9.03.